The highest BCUT2D eigenvalue weighted by Crippen LogP contribution is 2.21. The highest BCUT2D eigenvalue weighted by molar-refractivity contribution is 6.31. The standard InChI is InChI=1S/C18H19ClN4O2/c19-16-4-2-1-3-13(16)11-23-8-7-15(12-23)22-17-10-20-14(9-21-17)5-6-18(24)25/h1-6,9-10,15H,7-8,11-12H2,(H,21,22)(H,24,25)/b6-5+/t15-/m1/s1. The molecule has 2 N–H and O–H groups in total. The number of anilines is 1. The van der Waals surface area contributed by atoms with Crippen LogP contribution in [0.25, 0.3) is 6.08 Å². The van der Waals surface area contributed by atoms with Crippen molar-refractivity contribution in [1.29, 1.82) is 0 Å². The summed E-state index contributed by atoms with van der Waals surface area (Å²) in [7, 11) is 0. The summed E-state index contributed by atoms with van der Waals surface area (Å²) in [6.07, 6.45) is 6.66. The third kappa shape index (κ3) is 5.01. The Hall–Kier alpha value is -2.44. The van der Waals surface area contributed by atoms with E-state index in [1.54, 1.807) is 12.4 Å². The summed E-state index contributed by atoms with van der Waals surface area (Å²) < 4.78 is 0. The van der Waals surface area contributed by atoms with Crippen molar-refractivity contribution >= 4 is 29.5 Å². The van der Waals surface area contributed by atoms with Crippen LogP contribution in [-0.2, 0) is 11.3 Å². The van der Waals surface area contributed by atoms with Crippen molar-refractivity contribution < 1.29 is 9.90 Å². The number of carboxylic acid groups (broad SMARTS) is 1. The lowest BCUT2D eigenvalue weighted by Gasteiger charge is -2.17. The topological polar surface area (TPSA) is 78.3 Å². The number of carboxylic acids is 1. The first kappa shape index (κ1) is 17.4. The fraction of sp³-hybridized carbons (Fsp3) is 0.278. The second-order valence-electron chi connectivity index (χ2n) is 5.95. The maximum atomic E-state index is 10.5. The lowest BCUT2D eigenvalue weighted by Crippen LogP contribution is -2.26. The monoisotopic (exact) mass is 358 g/mol. The maximum absolute atomic E-state index is 10.5. The molecule has 1 aliphatic rings. The van der Waals surface area contributed by atoms with Crippen LogP contribution in [0.1, 0.15) is 17.7 Å². The Morgan fingerprint density at radius 1 is 1.36 bits per heavy atom. The summed E-state index contributed by atoms with van der Waals surface area (Å²) in [6, 6.07) is 8.21. The summed E-state index contributed by atoms with van der Waals surface area (Å²) in [5.74, 6) is -0.314. The molecule has 0 saturated carbocycles. The molecule has 130 valence electrons. The van der Waals surface area contributed by atoms with E-state index in [0.29, 0.717) is 17.6 Å². The first-order valence-corrected chi connectivity index (χ1v) is 8.43. The van der Waals surface area contributed by atoms with Gasteiger partial charge in [0, 0.05) is 36.8 Å². The summed E-state index contributed by atoms with van der Waals surface area (Å²) in [6.45, 7) is 2.74. The van der Waals surface area contributed by atoms with Gasteiger partial charge in [0.15, 0.2) is 0 Å². The molecule has 6 nitrogen and oxygen atoms in total. The zero-order valence-corrected chi connectivity index (χ0v) is 14.4. The number of nitrogens with one attached hydrogen (secondary N) is 1. The molecule has 1 aliphatic heterocycles. The van der Waals surface area contributed by atoms with Gasteiger partial charge in [-0.15, -0.1) is 0 Å². The molecule has 0 aliphatic carbocycles. The van der Waals surface area contributed by atoms with Crippen LogP contribution >= 0.6 is 11.6 Å². The molecule has 3 rings (SSSR count). The van der Waals surface area contributed by atoms with Crippen molar-refractivity contribution in [1.82, 2.24) is 14.9 Å². The molecule has 1 aromatic carbocycles. The number of rotatable bonds is 6. The van der Waals surface area contributed by atoms with Crippen LogP contribution in [0.3, 0.4) is 0 Å². The first-order valence-electron chi connectivity index (χ1n) is 8.05. The van der Waals surface area contributed by atoms with E-state index in [1.165, 1.54) is 6.08 Å². The van der Waals surface area contributed by atoms with Gasteiger partial charge in [-0.2, -0.15) is 0 Å². The maximum Gasteiger partial charge on any atom is 0.328 e. The van der Waals surface area contributed by atoms with Gasteiger partial charge in [0.2, 0.25) is 0 Å². The molecule has 1 fully saturated rings. The predicted molar refractivity (Wildman–Crippen MR) is 97.5 cm³/mol. The van der Waals surface area contributed by atoms with Crippen LogP contribution in [0.15, 0.2) is 42.7 Å². The quantitative estimate of drug-likeness (QED) is 0.773. The van der Waals surface area contributed by atoms with E-state index < -0.39 is 5.97 Å². The smallest absolute Gasteiger partial charge is 0.328 e. The number of carbonyl (C=O) groups is 1. The average Bonchev–Trinajstić information content (AvgIpc) is 3.03. The van der Waals surface area contributed by atoms with Crippen molar-refractivity contribution in [3.05, 3.63) is 59.0 Å². The lowest BCUT2D eigenvalue weighted by molar-refractivity contribution is -0.131. The fourth-order valence-corrected chi connectivity index (χ4v) is 3.02. The number of nitrogens with zero attached hydrogens (tertiary/aromatic N) is 3. The zero-order chi connectivity index (χ0) is 17.6. The molecule has 2 aromatic rings. The molecule has 0 unspecified atom stereocenters. The van der Waals surface area contributed by atoms with E-state index in [-0.39, 0.29) is 0 Å². The number of halogens is 1. The van der Waals surface area contributed by atoms with Crippen molar-refractivity contribution in [3.63, 3.8) is 0 Å². The number of benzene rings is 1. The Balaban J connectivity index is 1.53. The van der Waals surface area contributed by atoms with Crippen molar-refractivity contribution in [2.75, 3.05) is 18.4 Å². The highest BCUT2D eigenvalue weighted by Gasteiger charge is 2.23. The molecule has 1 aromatic heterocycles. The zero-order valence-electron chi connectivity index (χ0n) is 13.6. The Morgan fingerprint density at radius 2 is 2.20 bits per heavy atom. The summed E-state index contributed by atoms with van der Waals surface area (Å²) in [5, 5.41) is 12.8. The lowest BCUT2D eigenvalue weighted by atomic mass is 10.2. The van der Waals surface area contributed by atoms with E-state index in [0.717, 1.165) is 42.7 Å². The minimum Gasteiger partial charge on any atom is -0.478 e. The highest BCUT2D eigenvalue weighted by atomic mass is 35.5. The molecule has 0 bridgehead atoms. The van der Waals surface area contributed by atoms with E-state index in [2.05, 4.69) is 26.3 Å². The normalized spacial score (nSPS) is 17.9. The summed E-state index contributed by atoms with van der Waals surface area (Å²) in [4.78, 5) is 21.3. The van der Waals surface area contributed by atoms with Gasteiger partial charge in [-0.25, -0.2) is 9.78 Å². The number of hydrogen-bond donors (Lipinski definition) is 2. The molecular formula is C18H19ClN4O2. The van der Waals surface area contributed by atoms with E-state index in [1.807, 2.05) is 18.2 Å². The van der Waals surface area contributed by atoms with Gasteiger partial charge < -0.3 is 10.4 Å². The number of hydrogen-bond acceptors (Lipinski definition) is 5. The van der Waals surface area contributed by atoms with Crippen molar-refractivity contribution in [3.8, 4) is 0 Å². The first-order chi connectivity index (χ1) is 12.1. The van der Waals surface area contributed by atoms with E-state index in [4.69, 9.17) is 16.7 Å². The fourth-order valence-electron chi connectivity index (χ4n) is 2.83. The van der Waals surface area contributed by atoms with E-state index >= 15 is 0 Å². The number of aromatic nitrogens is 2. The molecule has 1 atom stereocenters. The van der Waals surface area contributed by atoms with Gasteiger partial charge in [-0.3, -0.25) is 9.88 Å². The molecule has 1 saturated heterocycles. The SMILES string of the molecule is O=C(O)/C=C/c1cnc(N[C@@H]2CCN(Cc3ccccc3Cl)C2)cn1. The predicted octanol–water partition coefficient (Wildman–Crippen LogP) is 2.91. The van der Waals surface area contributed by atoms with Crippen LogP contribution in [0.4, 0.5) is 5.82 Å². The molecular weight excluding hydrogens is 340 g/mol. The number of aliphatic carboxylic acids is 1. The van der Waals surface area contributed by atoms with Crippen LogP contribution < -0.4 is 5.32 Å². The van der Waals surface area contributed by atoms with Gasteiger partial charge in [-0.05, 0) is 24.1 Å². The van der Waals surface area contributed by atoms with Crippen LogP contribution in [0.2, 0.25) is 5.02 Å². The van der Waals surface area contributed by atoms with E-state index in [9.17, 15) is 4.79 Å². The Morgan fingerprint density at radius 3 is 2.92 bits per heavy atom. The Kier molecular flexibility index (Phi) is 5.63. The van der Waals surface area contributed by atoms with Gasteiger partial charge >= 0.3 is 5.97 Å². The molecule has 0 amide bonds. The summed E-state index contributed by atoms with van der Waals surface area (Å²) >= 11 is 6.23. The molecule has 2 heterocycles. The summed E-state index contributed by atoms with van der Waals surface area (Å²) in [5.41, 5.74) is 1.65. The molecule has 25 heavy (non-hydrogen) atoms. The van der Waals surface area contributed by atoms with Crippen LogP contribution in [0.5, 0.6) is 0 Å². The van der Waals surface area contributed by atoms with Crippen molar-refractivity contribution in [2.45, 2.75) is 19.0 Å². The van der Waals surface area contributed by atoms with Gasteiger partial charge in [-0.1, -0.05) is 29.8 Å². The van der Waals surface area contributed by atoms with Gasteiger partial charge in [0.25, 0.3) is 0 Å². The largest absolute Gasteiger partial charge is 0.478 e. The van der Waals surface area contributed by atoms with Crippen LogP contribution in [0, 0.1) is 0 Å². The minimum atomic E-state index is -1.01. The second-order valence-corrected chi connectivity index (χ2v) is 6.36. The van der Waals surface area contributed by atoms with Gasteiger partial charge in [0.05, 0.1) is 18.1 Å². The second kappa shape index (κ2) is 8.09. The molecule has 0 spiro atoms. The van der Waals surface area contributed by atoms with Crippen molar-refractivity contribution in [2.24, 2.45) is 0 Å². The average molecular weight is 359 g/mol. The molecule has 7 heteroatoms. The Labute approximate surface area is 151 Å². The third-order valence-corrected chi connectivity index (χ3v) is 4.41. The minimum absolute atomic E-state index is 0.303. The molecule has 0 radical (unpaired) electrons. The number of likely N-dealkylation sites (tertiary alicyclic amines) is 1. The third-order valence-electron chi connectivity index (χ3n) is 4.04. The van der Waals surface area contributed by atoms with Gasteiger partial charge in [0.1, 0.15) is 5.82 Å². The Bertz CT molecular complexity index is 764. The van der Waals surface area contributed by atoms with Crippen LogP contribution in [-0.4, -0.2) is 45.1 Å².